The first-order valence-corrected chi connectivity index (χ1v) is 10.4. The molecular weight excluding hydrogens is 244 g/mol. The van der Waals surface area contributed by atoms with E-state index in [2.05, 4.69) is 24.7 Å². The summed E-state index contributed by atoms with van der Waals surface area (Å²) in [7, 11) is -1.00. The number of unbranched alkanes of at least 4 members (excludes halogenated alkanes) is 1. The van der Waals surface area contributed by atoms with E-state index in [1.807, 2.05) is 16.9 Å². The van der Waals surface area contributed by atoms with E-state index >= 15 is 0 Å². The van der Waals surface area contributed by atoms with Crippen molar-refractivity contribution in [1.82, 2.24) is 9.78 Å². The van der Waals surface area contributed by atoms with E-state index in [0.717, 1.165) is 25.9 Å². The first-order chi connectivity index (χ1) is 8.53. The highest BCUT2D eigenvalue weighted by Crippen LogP contribution is 2.09. The van der Waals surface area contributed by atoms with Crippen LogP contribution in [0.1, 0.15) is 18.5 Å². The lowest BCUT2D eigenvalue weighted by Crippen LogP contribution is -2.22. The topological polar surface area (TPSA) is 47.3 Å². The molecule has 0 aliphatic carbocycles. The number of aliphatic hydroxyl groups excluding tert-OH is 1. The van der Waals surface area contributed by atoms with Crippen LogP contribution in [0.3, 0.4) is 0 Å². The Labute approximate surface area is 111 Å². The average Bonchev–Trinajstić information content (AvgIpc) is 2.71. The normalized spacial score (nSPS) is 12.0. The van der Waals surface area contributed by atoms with Gasteiger partial charge < -0.3 is 9.84 Å². The van der Waals surface area contributed by atoms with Crippen molar-refractivity contribution in [2.24, 2.45) is 0 Å². The number of aryl methyl sites for hydroxylation is 1. The highest BCUT2D eigenvalue weighted by molar-refractivity contribution is 6.76. The zero-order chi connectivity index (χ0) is 13.4. The molecule has 0 saturated carbocycles. The summed E-state index contributed by atoms with van der Waals surface area (Å²) < 4.78 is 7.61. The highest BCUT2D eigenvalue weighted by atomic mass is 28.3. The quantitative estimate of drug-likeness (QED) is 0.554. The van der Waals surface area contributed by atoms with E-state index in [0.29, 0.717) is 6.73 Å². The Hall–Kier alpha value is -0.653. The molecule has 1 N–H and O–H groups in total. The van der Waals surface area contributed by atoms with Crippen molar-refractivity contribution in [3.8, 4) is 0 Å². The van der Waals surface area contributed by atoms with Crippen molar-refractivity contribution in [1.29, 1.82) is 0 Å². The smallest absolute Gasteiger partial charge is 0.139 e. The van der Waals surface area contributed by atoms with Crippen molar-refractivity contribution in [2.45, 2.75) is 51.7 Å². The van der Waals surface area contributed by atoms with Crippen molar-refractivity contribution >= 4 is 8.07 Å². The van der Waals surface area contributed by atoms with Gasteiger partial charge in [0.15, 0.2) is 0 Å². The summed E-state index contributed by atoms with van der Waals surface area (Å²) in [5.74, 6) is 0. The van der Waals surface area contributed by atoms with Crippen molar-refractivity contribution < 1.29 is 9.84 Å². The molecule has 0 aliphatic rings. The van der Waals surface area contributed by atoms with Crippen molar-refractivity contribution in [3.05, 3.63) is 18.0 Å². The molecule has 0 saturated heterocycles. The second-order valence-electron chi connectivity index (χ2n) is 5.85. The Balaban J connectivity index is 2.27. The van der Waals surface area contributed by atoms with Gasteiger partial charge in [0, 0.05) is 33.2 Å². The van der Waals surface area contributed by atoms with Gasteiger partial charge in [0.25, 0.3) is 0 Å². The number of ether oxygens (including phenoxy) is 1. The minimum atomic E-state index is -1.00. The standard InChI is InChI=1S/C13H26N2O2Si/c1-18(2,3)11-10-17-12-15-13(7-8-14-15)6-4-5-9-16/h7-8,16H,4-6,9-12H2,1-3H3. The molecule has 1 aromatic heterocycles. The molecule has 0 bridgehead atoms. The molecule has 18 heavy (non-hydrogen) atoms. The van der Waals surface area contributed by atoms with E-state index in [1.165, 1.54) is 11.7 Å². The molecule has 1 aromatic rings. The molecule has 0 unspecified atom stereocenters. The molecule has 0 aromatic carbocycles. The summed E-state index contributed by atoms with van der Waals surface area (Å²) in [6.07, 6.45) is 4.62. The van der Waals surface area contributed by atoms with Crippen LogP contribution in [0, 0.1) is 0 Å². The molecule has 0 atom stereocenters. The van der Waals surface area contributed by atoms with Crippen molar-refractivity contribution in [3.63, 3.8) is 0 Å². The molecule has 5 heteroatoms. The van der Waals surface area contributed by atoms with E-state index < -0.39 is 8.07 Å². The zero-order valence-corrected chi connectivity index (χ0v) is 12.9. The molecule has 4 nitrogen and oxygen atoms in total. The third-order valence-corrected chi connectivity index (χ3v) is 4.56. The van der Waals surface area contributed by atoms with Crippen LogP contribution in [0.4, 0.5) is 0 Å². The summed E-state index contributed by atoms with van der Waals surface area (Å²) >= 11 is 0. The van der Waals surface area contributed by atoms with E-state index in [9.17, 15) is 0 Å². The summed E-state index contributed by atoms with van der Waals surface area (Å²) in [5.41, 5.74) is 1.19. The van der Waals surface area contributed by atoms with Gasteiger partial charge in [0.1, 0.15) is 6.73 Å². The van der Waals surface area contributed by atoms with Gasteiger partial charge in [-0.25, -0.2) is 4.68 Å². The summed E-state index contributed by atoms with van der Waals surface area (Å²) in [4.78, 5) is 0. The third-order valence-electron chi connectivity index (χ3n) is 2.86. The second kappa shape index (κ2) is 7.71. The molecule has 104 valence electrons. The maximum absolute atomic E-state index is 8.77. The number of rotatable bonds is 9. The van der Waals surface area contributed by atoms with Crippen LogP contribution in [0.15, 0.2) is 12.3 Å². The Morgan fingerprint density at radius 3 is 2.78 bits per heavy atom. The number of aromatic nitrogens is 2. The Morgan fingerprint density at radius 2 is 2.11 bits per heavy atom. The minimum absolute atomic E-state index is 0.265. The van der Waals surface area contributed by atoms with Crippen LogP contribution >= 0.6 is 0 Å². The highest BCUT2D eigenvalue weighted by Gasteiger charge is 2.12. The Kier molecular flexibility index (Phi) is 6.60. The van der Waals surface area contributed by atoms with Crippen LogP contribution < -0.4 is 0 Å². The summed E-state index contributed by atoms with van der Waals surface area (Å²) in [5, 5.41) is 13.0. The molecular formula is C13H26N2O2Si. The van der Waals surface area contributed by atoms with Crippen LogP contribution in [0.25, 0.3) is 0 Å². The van der Waals surface area contributed by atoms with Gasteiger partial charge in [-0.15, -0.1) is 0 Å². The molecule has 0 spiro atoms. The number of hydrogen-bond donors (Lipinski definition) is 1. The average molecular weight is 270 g/mol. The SMILES string of the molecule is C[Si](C)(C)CCOCn1nccc1CCCCO. The first-order valence-electron chi connectivity index (χ1n) is 6.72. The first kappa shape index (κ1) is 15.4. The van der Waals surface area contributed by atoms with Crippen LogP contribution in [0.2, 0.25) is 25.7 Å². The lowest BCUT2D eigenvalue weighted by atomic mass is 10.2. The van der Waals surface area contributed by atoms with Gasteiger partial charge in [0.05, 0.1) is 0 Å². The van der Waals surface area contributed by atoms with E-state index in [-0.39, 0.29) is 6.61 Å². The molecule has 1 heterocycles. The zero-order valence-electron chi connectivity index (χ0n) is 11.9. The maximum atomic E-state index is 8.77. The van der Waals surface area contributed by atoms with Gasteiger partial charge in [-0.05, 0) is 31.4 Å². The van der Waals surface area contributed by atoms with E-state index in [1.54, 1.807) is 0 Å². The molecule has 0 aliphatic heterocycles. The lowest BCUT2D eigenvalue weighted by Gasteiger charge is -2.15. The largest absolute Gasteiger partial charge is 0.396 e. The van der Waals surface area contributed by atoms with Gasteiger partial charge in [-0.3, -0.25) is 0 Å². The van der Waals surface area contributed by atoms with Gasteiger partial charge >= 0.3 is 0 Å². The van der Waals surface area contributed by atoms with Gasteiger partial charge in [0.2, 0.25) is 0 Å². The van der Waals surface area contributed by atoms with E-state index in [4.69, 9.17) is 9.84 Å². The number of aliphatic hydroxyl groups is 1. The van der Waals surface area contributed by atoms with Crippen LogP contribution in [-0.4, -0.2) is 36.2 Å². The molecule has 1 rings (SSSR count). The van der Waals surface area contributed by atoms with Gasteiger partial charge in [-0.1, -0.05) is 19.6 Å². The lowest BCUT2D eigenvalue weighted by molar-refractivity contribution is 0.0764. The Bertz CT molecular complexity index is 334. The summed E-state index contributed by atoms with van der Waals surface area (Å²) in [6.45, 7) is 8.69. The van der Waals surface area contributed by atoms with Crippen molar-refractivity contribution in [2.75, 3.05) is 13.2 Å². The molecule has 0 fully saturated rings. The minimum Gasteiger partial charge on any atom is -0.396 e. The fourth-order valence-electron chi connectivity index (χ4n) is 1.64. The molecule has 0 amide bonds. The van der Waals surface area contributed by atoms with Crippen LogP contribution in [-0.2, 0) is 17.9 Å². The fraction of sp³-hybridized carbons (Fsp3) is 0.769. The maximum Gasteiger partial charge on any atom is 0.139 e. The molecule has 0 radical (unpaired) electrons. The van der Waals surface area contributed by atoms with Crippen LogP contribution in [0.5, 0.6) is 0 Å². The predicted octanol–water partition coefficient (Wildman–Crippen LogP) is 2.51. The fourth-order valence-corrected chi connectivity index (χ4v) is 2.39. The van der Waals surface area contributed by atoms with Gasteiger partial charge in [-0.2, -0.15) is 5.10 Å². The monoisotopic (exact) mass is 270 g/mol. The second-order valence-corrected chi connectivity index (χ2v) is 11.5. The summed E-state index contributed by atoms with van der Waals surface area (Å²) in [6, 6.07) is 3.22. The predicted molar refractivity (Wildman–Crippen MR) is 76.4 cm³/mol. The number of nitrogens with zero attached hydrogens (tertiary/aromatic N) is 2. The number of hydrogen-bond acceptors (Lipinski definition) is 3. The third kappa shape index (κ3) is 6.33. The Morgan fingerprint density at radius 1 is 1.33 bits per heavy atom.